The molecular weight excluding hydrogens is 1090 g/mol. The van der Waals surface area contributed by atoms with Crippen molar-refractivity contribution < 1.29 is 43.7 Å². The molecule has 1 aliphatic rings. The van der Waals surface area contributed by atoms with Gasteiger partial charge in [0.2, 0.25) is 11.8 Å². The smallest absolute Gasteiger partial charge is 0.226 e. The van der Waals surface area contributed by atoms with E-state index in [9.17, 15) is 39.4 Å². The number of carbonyl (C=O) groups is 5. The van der Waals surface area contributed by atoms with E-state index in [1.54, 1.807) is 57.2 Å². The molecule has 1 aromatic heterocycles. The summed E-state index contributed by atoms with van der Waals surface area (Å²) in [5.41, 5.74) is 22.2. The summed E-state index contributed by atoms with van der Waals surface area (Å²) < 4.78 is 12.3. The van der Waals surface area contributed by atoms with Gasteiger partial charge in [-0.25, -0.2) is 9.97 Å². The first-order chi connectivity index (χ1) is 33.2. The summed E-state index contributed by atoms with van der Waals surface area (Å²) in [5.74, 6) is -3.44. The van der Waals surface area contributed by atoms with Crippen LogP contribution in [-0.4, -0.2) is 112 Å². The maximum atomic E-state index is 14.9. The van der Waals surface area contributed by atoms with Crippen LogP contribution in [0.1, 0.15) is 104 Å². The average Bonchev–Trinajstić information content (AvgIpc) is 3.32. The Morgan fingerprint density at radius 3 is 1.88 bits per heavy atom. The lowest BCUT2D eigenvalue weighted by Gasteiger charge is -2.32. The first-order valence-corrected chi connectivity index (χ1v) is 23.7. The fourth-order valence-corrected chi connectivity index (χ4v) is 8.51. The predicted molar refractivity (Wildman–Crippen MR) is 327 cm³/mol. The molecule has 0 spiro atoms. The van der Waals surface area contributed by atoms with Crippen molar-refractivity contribution in [2.75, 3.05) is 39.9 Å². The van der Waals surface area contributed by atoms with Crippen LogP contribution in [-0.2, 0) is 31.0 Å². The minimum Gasteiger partial charge on any atom is -0.490 e. The molecule has 76 heavy (non-hydrogen) atoms. The summed E-state index contributed by atoms with van der Waals surface area (Å²) in [7, 11) is 1.46. The molecule has 17 nitrogen and oxygen atoms in total. The molecule has 2 amide bonds. The van der Waals surface area contributed by atoms with Crippen molar-refractivity contribution in [2.45, 2.75) is 110 Å². The summed E-state index contributed by atoms with van der Waals surface area (Å²) >= 11 is 0. The molecule has 422 valence electrons. The number of fused-ring (bicyclic) bond motifs is 5. The van der Waals surface area contributed by atoms with Gasteiger partial charge in [0.25, 0.3) is 0 Å². The normalized spacial score (nSPS) is 16.2. The van der Waals surface area contributed by atoms with Crippen LogP contribution in [0.15, 0.2) is 60.7 Å². The molecule has 0 aliphatic carbocycles. The van der Waals surface area contributed by atoms with E-state index in [0.717, 1.165) is 11.1 Å². The van der Waals surface area contributed by atoms with Crippen molar-refractivity contribution in [1.82, 2.24) is 20.2 Å². The van der Waals surface area contributed by atoms with Gasteiger partial charge in [0, 0.05) is 74.3 Å². The van der Waals surface area contributed by atoms with E-state index in [0.29, 0.717) is 39.5 Å². The molecule has 4 bridgehead atoms. The van der Waals surface area contributed by atoms with Crippen molar-refractivity contribution in [3.8, 4) is 40.1 Å². The minimum absolute atomic E-state index is 0. The Kier molecular flexibility index (Phi) is 32.9. The number of nitrogens with one attached hydrogen (secondary N) is 1. The molecule has 1 aliphatic heterocycles. The van der Waals surface area contributed by atoms with Gasteiger partial charge in [0.1, 0.15) is 43.0 Å². The molecule has 0 saturated heterocycles. The van der Waals surface area contributed by atoms with Crippen LogP contribution in [0.2, 0.25) is 0 Å². The Labute approximate surface area is 489 Å². The molecule has 5 rings (SSSR count). The number of nitrogens with zero attached hydrogens (tertiary/aromatic N) is 4. The highest BCUT2D eigenvalue weighted by molar-refractivity contribution is 7.60. The van der Waals surface area contributed by atoms with Gasteiger partial charge in [-0.3, -0.25) is 24.0 Å². The predicted octanol–water partition coefficient (Wildman–Crippen LogP) is 5.05. The average molecular weight is 1170 g/mol. The lowest BCUT2D eigenvalue weighted by Crippen LogP contribution is -2.46. The number of hydrogen-bond donors (Lipinski definition) is 6. The molecular formula is C53H80N8O9S6. The van der Waals surface area contributed by atoms with E-state index in [2.05, 4.69) is 26.1 Å². The van der Waals surface area contributed by atoms with Crippen molar-refractivity contribution in [1.29, 1.82) is 5.26 Å². The van der Waals surface area contributed by atoms with Crippen molar-refractivity contribution in [3.63, 3.8) is 0 Å². The Morgan fingerprint density at radius 1 is 0.829 bits per heavy atom. The van der Waals surface area contributed by atoms with E-state index in [-0.39, 0.29) is 181 Å². The van der Waals surface area contributed by atoms with E-state index in [1.807, 2.05) is 30.3 Å². The SMILES string of the molecule is Cc1nc(-c2ccc(C(C)(C)C)cc2)nc(C)c1C(=O)C[C@@H](CCN)C(=O)N(C)[C@@H]1C(=O)C[C@@H](C)C(=O)N[C@H](C(=O)CCC#N)Cc2ccc(OC[C@@H](O)CN)c(c2)-c2cc1ccc2OC[C@@H](O)CN.S.S.S.S.S.S. The summed E-state index contributed by atoms with van der Waals surface area (Å²) in [6, 6.07) is 17.4. The third-order valence-corrected chi connectivity index (χ3v) is 12.5. The Balaban J connectivity index is 0. The third kappa shape index (κ3) is 19.2. The van der Waals surface area contributed by atoms with Gasteiger partial charge in [0.05, 0.1) is 29.1 Å². The number of ketones is 3. The second-order valence-corrected chi connectivity index (χ2v) is 19.1. The summed E-state index contributed by atoms with van der Waals surface area (Å²) in [5, 5.41) is 32.9. The number of likely N-dealkylation sites (N-methyl/N-ethyl adjacent to an activating group) is 1. The van der Waals surface area contributed by atoms with Gasteiger partial charge in [0.15, 0.2) is 23.2 Å². The zero-order valence-corrected chi connectivity index (χ0v) is 50.3. The fraction of sp³-hybridized carbons (Fsp3) is 0.472. The maximum Gasteiger partial charge on any atom is 0.226 e. The first-order valence-electron chi connectivity index (χ1n) is 23.7. The summed E-state index contributed by atoms with van der Waals surface area (Å²) in [6.07, 6.45) is -2.80. The van der Waals surface area contributed by atoms with Crippen molar-refractivity contribution in [2.24, 2.45) is 29.0 Å². The minimum atomic E-state index is -1.33. The molecule has 23 heteroatoms. The molecule has 0 radical (unpaired) electrons. The van der Waals surface area contributed by atoms with E-state index >= 15 is 0 Å². The highest BCUT2D eigenvalue weighted by Gasteiger charge is 2.37. The van der Waals surface area contributed by atoms with E-state index in [1.165, 1.54) is 11.9 Å². The van der Waals surface area contributed by atoms with E-state index < -0.39 is 59.5 Å². The molecule has 0 unspecified atom stereocenters. The Hall–Kier alpha value is -4.32. The van der Waals surface area contributed by atoms with Crippen LogP contribution in [0.4, 0.5) is 0 Å². The molecule has 9 N–H and O–H groups in total. The lowest BCUT2D eigenvalue weighted by atomic mass is 9.86. The number of rotatable bonds is 19. The number of Topliss-reactive ketones (excluding diaryl/α,β-unsaturated/α-hetero) is 3. The van der Waals surface area contributed by atoms with Gasteiger partial charge in [-0.15, -0.1) is 0 Å². The van der Waals surface area contributed by atoms with E-state index in [4.69, 9.17) is 36.6 Å². The third-order valence-electron chi connectivity index (χ3n) is 12.5. The topological polar surface area (TPSA) is 287 Å². The molecule has 0 fully saturated rings. The molecule has 4 aromatic rings. The number of aromatic nitrogens is 2. The standard InChI is InChI=1S/C53H68N8O9.6H2S/c1-30-21-45(66)49(61(7)52(68)36(18-20-55)25-44(65)48-31(2)58-50(59-32(48)3)34-11-14-37(15-12-34)53(4,5)6)35-13-17-47(70-29-39(63)27-57)41(24-35)40-22-33(10-16-46(40)69-28-38(62)26-56)23-42(60-51(30)67)43(64)9-8-19-54;;;;;;/h10-17,22,24,30,36,38-39,42,49,62-63H,8-9,18,20-21,23,25-29,55-57H2,1-7H3,(H,60,67);6*1H2/t30-,36-,38+,39+,42+,49+;;;;;;/m1....../s1. The number of ether oxygens (including phenoxy) is 2. The summed E-state index contributed by atoms with van der Waals surface area (Å²) in [6.45, 7) is 10.8. The largest absolute Gasteiger partial charge is 0.490 e. The van der Waals surface area contributed by atoms with Gasteiger partial charge in [-0.2, -0.15) is 86.2 Å². The monoisotopic (exact) mass is 1160 g/mol. The first kappa shape index (κ1) is 73.8. The number of aliphatic hydroxyl groups is 2. The Morgan fingerprint density at radius 2 is 1.37 bits per heavy atom. The second kappa shape index (κ2) is 33.9. The molecule has 3 aromatic carbocycles. The highest BCUT2D eigenvalue weighted by Crippen LogP contribution is 2.41. The fourth-order valence-electron chi connectivity index (χ4n) is 8.51. The zero-order chi connectivity index (χ0) is 51.4. The number of benzene rings is 3. The number of hydrogen-bond acceptors (Lipinski definition) is 15. The van der Waals surface area contributed by atoms with Crippen LogP contribution in [0.25, 0.3) is 22.5 Å². The van der Waals surface area contributed by atoms with Gasteiger partial charge < -0.3 is 47.1 Å². The number of carbonyl (C=O) groups excluding carboxylic acids is 5. The number of nitrogens with two attached hydrogens (primary N) is 3. The quantitative estimate of drug-likeness (QED) is 0.0671. The van der Waals surface area contributed by atoms with Crippen LogP contribution in [0, 0.1) is 37.0 Å². The second-order valence-electron chi connectivity index (χ2n) is 19.1. The lowest BCUT2D eigenvalue weighted by molar-refractivity contribution is -0.142. The highest BCUT2D eigenvalue weighted by atomic mass is 32.1. The van der Waals surface area contributed by atoms with Crippen LogP contribution in [0.3, 0.4) is 0 Å². The van der Waals surface area contributed by atoms with Crippen LogP contribution < -0.4 is 32.0 Å². The summed E-state index contributed by atoms with van der Waals surface area (Å²) in [4.78, 5) is 82.2. The Bertz CT molecular complexity index is 2580. The molecule has 6 atom stereocenters. The van der Waals surface area contributed by atoms with Gasteiger partial charge >= 0.3 is 0 Å². The number of aliphatic hydroxyl groups excluding tert-OH is 2. The van der Waals surface area contributed by atoms with Crippen LogP contribution >= 0.6 is 81.0 Å². The van der Waals surface area contributed by atoms with Crippen molar-refractivity contribution in [3.05, 3.63) is 94.3 Å². The van der Waals surface area contributed by atoms with Crippen LogP contribution in [0.5, 0.6) is 11.5 Å². The number of nitriles is 1. The zero-order valence-electron chi connectivity index (χ0n) is 44.3. The number of amides is 2. The maximum absolute atomic E-state index is 14.9. The molecule has 0 saturated carbocycles. The van der Waals surface area contributed by atoms with Gasteiger partial charge in [-0.1, -0.05) is 64.1 Å². The molecule has 2 heterocycles. The van der Waals surface area contributed by atoms with Crippen molar-refractivity contribution >= 4 is 110 Å². The van der Waals surface area contributed by atoms with Gasteiger partial charge in [-0.05, 0) is 79.6 Å². The number of aryl methyl sites for hydroxylation is 2.